The van der Waals surface area contributed by atoms with Crippen molar-refractivity contribution >= 4 is 27.5 Å². The number of hydrogen-bond acceptors (Lipinski definition) is 2. The number of quaternary nitrogens is 1. The summed E-state index contributed by atoms with van der Waals surface area (Å²) in [4.78, 5) is 13.5. The highest BCUT2D eigenvalue weighted by atomic mass is 79.9. The van der Waals surface area contributed by atoms with E-state index in [1.807, 2.05) is 32.2 Å². The SMILES string of the molecule is C[C@@H](C(=O)Nc1ccc(C#N)cc1)[NH+](C)Cc1ccccc1Br. The van der Waals surface area contributed by atoms with Crippen molar-refractivity contribution in [3.8, 4) is 6.07 Å². The molecule has 0 heterocycles. The topological polar surface area (TPSA) is 57.3 Å². The zero-order chi connectivity index (χ0) is 16.8. The first-order valence-electron chi connectivity index (χ1n) is 7.38. The summed E-state index contributed by atoms with van der Waals surface area (Å²) in [5.41, 5.74) is 2.45. The van der Waals surface area contributed by atoms with Crippen molar-refractivity contribution in [3.05, 3.63) is 64.1 Å². The lowest BCUT2D eigenvalue weighted by Gasteiger charge is -2.21. The second kappa shape index (κ2) is 7.91. The van der Waals surface area contributed by atoms with Crippen LogP contribution in [-0.4, -0.2) is 19.0 Å². The van der Waals surface area contributed by atoms with Crippen LogP contribution in [0.15, 0.2) is 53.0 Å². The second-order valence-corrected chi connectivity index (χ2v) is 6.37. The van der Waals surface area contributed by atoms with Crippen molar-refractivity contribution in [1.82, 2.24) is 0 Å². The molecule has 5 heteroatoms. The van der Waals surface area contributed by atoms with Crippen molar-refractivity contribution in [2.45, 2.75) is 19.5 Å². The number of nitriles is 1. The van der Waals surface area contributed by atoms with Gasteiger partial charge in [-0.1, -0.05) is 34.1 Å². The summed E-state index contributed by atoms with van der Waals surface area (Å²) in [5, 5.41) is 11.7. The number of rotatable bonds is 5. The van der Waals surface area contributed by atoms with E-state index in [2.05, 4.69) is 33.4 Å². The Bertz CT molecular complexity index is 722. The second-order valence-electron chi connectivity index (χ2n) is 5.51. The molecule has 2 aromatic rings. The Labute approximate surface area is 144 Å². The van der Waals surface area contributed by atoms with E-state index in [0.717, 1.165) is 15.9 Å². The number of benzene rings is 2. The molecule has 0 aliphatic rings. The summed E-state index contributed by atoms with van der Waals surface area (Å²) in [6.45, 7) is 2.66. The van der Waals surface area contributed by atoms with Crippen LogP contribution in [0, 0.1) is 11.3 Å². The Kier molecular flexibility index (Phi) is 5.91. The number of carbonyl (C=O) groups excluding carboxylic acids is 1. The van der Waals surface area contributed by atoms with Gasteiger partial charge in [-0.15, -0.1) is 0 Å². The molecular weight excluding hydrogens is 354 g/mol. The summed E-state index contributed by atoms with van der Waals surface area (Å²) in [6.07, 6.45) is 0. The first-order valence-corrected chi connectivity index (χ1v) is 8.17. The monoisotopic (exact) mass is 372 g/mol. The highest BCUT2D eigenvalue weighted by molar-refractivity contribution is 9.10. The van der Waals surface area contributed by atoms with Gasteiger partial charge in [0.15, 0.2) is 6.04 Å². The third-order valence-electron chi connectivity index (χ3n) is 3.84. The van der Waals surface area contributed by atoms with Crippen LogP contribution >= 0.6 is 15.9 Å². The molecule has 0 spiro atoms. The van der Waals surface area contributed by atoms with Crippen LogP contribution in [0.25, 0.3) is 0 Å². The van der Waals surface area contributed by atoms with E-state index in [0.29, 0.717) is 11.3 Å². The fourth-order valence-electron chi connectivity index (χ4n) is 2.20. The van der Waals surface area contributed by atoms with Gasteiger partial charge in [0.05, 0.1) is 18.7 Å². The molecule has 0 aliphatic carbocycles. The first kappa shape index (κ1) is 17.2. The number of nitrogens with zero attached hydrogens (tertiary/aromatic N) is 1. The molecule has 0 saturated carbocycles. The highest BCUT2D eigenvalue weighted by Crippen LogP contribution is 2.14. The number of nitrogens with one attached hydrogen (secondary N) is 2. The lowest BCUT2D eigenvalue weighted by Crippen LogP contribution is -3.12. The third kappa shape index (κ3) is 4.65. The van der Waals surface area contributed by atoms with E-state index in [1.54, 1.807) is 24.3 Å². The molecule has 2 N–H and O–H groups in total. The van der Waals surface area contributed by atoms with Crippen molar-refractivity contribution < 1.29 is 9.69 Å². The van der Waals surface area contributed by atoms with Gasteiger partial charge in [0.25, 0.3) is 5.91 Å². The Hall–Kier alpha value is -2.16. The molecule has 1 amide bonds. The summed E-state index contributed by atoms with van der Waals surface area (Å²) in [6, 6.07) is 16.8. The Morgan fingerprint density at radius 3 is 2.52 bits per heavy atom. The van der Waals surface area contributed by atoms with E-state index in [-0.39, 0.29) is 11.9 Å². The van der Waals surface area contributed by atoms with E-state index < -0.39 is 0 Å². The van der Waals surface area contributed by atoms with Gasteiger partial charge in [0.1, 0.15) is 6.54 Å². The number of likely N-dealkylation sites (N-methyl/N-ethyl adjacent to an activating group) is 1. The lowest BCUT2D eigenvalue weighted by atomic mass is 10.1. The van der Waals surface area contributed by atoms with Gasteiger partial charge in [0, 0.05) is 15.7 Å². The normalized spacial score (nSPS) is 13.0. The standard InChI is InChI=1S/C18H18BrN3O/c1-13(22(2)12-15-5-3-4-6-17(15)19)18(23)21-16-9-7-14(11-20)8-10-16/h3-10,13H,12H2,1-2H3,(H,21,23)/p+1/t13-/m0/s1. The predicted octanol–water partition coefficient (Wildman–Crippen LogP) is 2.36. The Balaban J connectivity index is 1.98. The van der Waals surface area contributed by atoms with Crippen molar-refractivity contribution in [3.63, 3.8) is 0 Å². The van der Waals surface area contributed by atoms with E-state index >= 15 is 0 Å². The molecule has 0 aliphatic heterocycles. The maximum Gasteiger partial charge on any atom is 0.282 e. The molecule has 1 unspecified atom stereocenters. The first-order chi connectivity index (χ1) is 11.0. The molecule has 118 valence electrons. The van der Waals surface area contributed by atoms with Crippen LogP contribution in [0.4, 0.5) is 5.69 Å². The number of anilines is 1. The third-order valence-corrected chi connectivity index (χ3v) is 4.61. The van der Waals surface area contributed by atoms with Crippen LogP contribution in [0.5, 0.6) is 0 Å². The smallest absolute Gasteiger partial charge is 0.282 e. The molecule has 4 nitrogen and oxygen atoms in total. The van der Waals surface area contributed by atoms with Crippen LogP contribution in [-0.2, 0) is 11.3 Å². The van der Waals surface area contributed by atoms with Gasteiger partial charge in [-0.2, -0.15) is 5.26 Å². The minimum atomic E-state index is -0.197. The number of halogens is 1. The highest BCUT2D eigenvalue weighted by Gasteiger charge is 2.22. The molecule has 2 aromatic carbocycles. The van der Waals surface area contributed by atoms with Gasteiger partial charge >= 0.3 is 0 Å². The van der Waals surface area contributed by atoms with E-state index in [4.69, 9.17) is 5.26 Å². The predicted molar refractivity (Wildman–Crippen MR) is 94.0 cm³/mol. The number of hydrogen-bond donors (Lipinski definition) is 2. The van der Waals surface area contributed by atoms with Crippen LogP contribution in [0.1, 0.15) is 18.1 Å². The van der Waals surface area contributed by atoms with Gasteiger partial charge in [-0.3, -0.25) is 4.79 Å². The van der Waals surface area contributed by atoms with Gasteiger partial charge in [-0.05, 0) is 37.3 Å². The summed E-state index contributed by atoms with van der Waals surface area (Å²) in [5.74, 6) is -0.0424. The van der Waals surface area contributed by atoms with Crippen LogP contribution in [0.2, 0.25) is 0 Å². The fraction of sp³-hybridized carbons (Fsp3) is 0.222. The van der Waals surface area contributed by atoms with Crippen molar-refractivity contribution in [2.75, 3.05) is 12.4 Å². The number of carbonyl (C=O) groups is 1. The number of amides is 1. The minimum absolute atomic E-state index is 0.0424. The molecule has 0 saturated heterocycles. The van der Waals surface area contributed by atoms with Crippen LogP contribution in [0.3, 0.4) is 0 Å². The zero-order valence-corrected chi connectivity index (χ0v) is 14.7. The molecular formula is C18H19BrN3O+. The molecule has 0 fully saturated rings. The van der Waals surface area contributed by atoms with E-state index in [1.165, 1.54) is 5.56 Å². The summed E-state index contributed by atoms with van der Waals surface area (Å²) < 4.78 is 1.05. The van der Waals surface area contributed by atoms with Gasteiger partial charge in [0.2, 0.25) is 0 Å². The molecule has 2 atom stereocenters. The van der Waals surface area contributed by atoms with Crippen molar-refractivity contribution in [2.24, 2.45) is 0 Å². The molecule has 2 rings (SSSR count). The van der Waals surface area contributed by atoms with Gasteiger partial charge in [-0.25, -0.2) is 0 Å². The van der Waals surface area contributed by atoms with E-state index in [9.17, 15) is 4.79 Å². The minimum Gasteiger partial charge on any atom is -0.324 e. The summed E-state index contributed by atoms with van der Waals surface area (Å²) >= 11 is 3.54. The van der Waals surface area contributed by atoms with Crippen molar-refractivity contribution in [1.29, 1.82) is 5.26 Å². The largest absolute Gasteiger partial charge is 0.324 e. The maximum absolute atomic E-state index is 12.4. The Morgan fingerprint density at radius 1 is 1.26 bits per heavy atom. The summed E-state index contributed by atoms with van der Waals surface area (Å²) in [7, 11) is 2.00. The lowest BCUT2D eigenvalue weighted by molar-refractivity contribution is -0.907. The zero-order valence-electron chi connectivity index (χ0n) is 13.1. The average Bonchev–Trinajstić information content (AvgIpc) is 2.56. The molecule has 0 bridgehead atoms. The average molecular weight is 373 g/mol. The van der Waals surface area contributed by atoms with Crippen LogP contribution < -0.4 is 10.2 Å². The fourth-order valence-corrected chi connectivity index (χ4v) is 2.62. The Morgan fingerprint density at radius 2 is 1.91 bits per heavy atom. The molecule has 0 radical (unpaired) electrons. The van der Waals surface area contributed by atoms with Gasteiger partial charge < -0.3 is 10.2 Å². The maximum atomic E-state index is 12.4. The quantitative estimate of drug-likeness (QED) is 0.846. The molecule has 0 aromatic heterocycles. The molecule has 23 heavy (non-hydrogen) atoms.